The van der Waals surface area contributed by atoms with Crippen molar-refractivity contribution >= 4 is 28.9 Å². The lowest BCUT2D eigenvalue weighted by atomic mass is 10.1. The molecule has 0 saturated heterocycles. The highest BCUT2D eigenvalue weighted by molar-refractivity contribution is 7.80. The highest BCUT2D eigenvalue weighted by Crippen LogP contribution is 2.33. The Labute approximate surface area is 152 Å². The summed E-state index contributed by atoms with van der Waals surface area (Å²) in [4.78, 5) is 11.1. The third-order valence-electron chi connectivity index (χ3n) is 3.46. The van der Waals surface area contributed by atoms with Gasteiger partial charge in [-0.05, 0) is 54.5 Å². The number of nitrogens with two attached hydrogens (primary N) is 1. The van der Waals surface area contributed by atoms with Gasteiger partial charge >= 0.3 is 6.18 Å². The molecule has 0 bridgehead atoms. The molecule has 2 aromatic rings. The van der Waals surface area contributed by atoms with Crippen molar-refractivity contribution in [1.82, 2.24) is 5.32 Å². The zero-order valence-electron chi connectivity index (χ0n) is 13.4. The summed E-state index contributed by atoms with van der Waals surface area (Å²) in [6.07, 6.45) is -4.17. The molecule has 0 aliphatic rings. The largest absolute Gasteiger partial charge is 0.417 e. The Hall–Kier alpha value is -2.68. The monoisotopic (exact) mass is 385 g/mol. The fourth-order valence-corrected chi connectivity index (χ4v) is 2.44. The van der Waals surface area contributed by atoms with E-state index < -0.39 is 23.2 Å². The quantitative estimate of drug-likeness (QED) is 0.545. The second-order valence-electron chi connectivity index (χ2n) is 5.38. The minimum atomic E-state index is -4.72. The van der Waals surface area contributed by atoms with Crippen LogP contribution >= 0.6 is 12.2 Å². The number of thiocarbonyl (C=S) groups is 1. The summed E-state index contributed by atoms with van der Waals surface area (Å²) in [5.41, 5.74) is 4.18. The average Bonchev–Trinajstić information content (AvgIpc) is 2.55. The molecule has 0 atom stereocenters. The molecule has 2 rings (SSSR count). The van der Waals surface area contributed by atoms with Gasteiger partial charge in [-0.1, -0.05) is 12.1 Å². The Morgan fingerprint density at radius 3 is 2.35 bits per heavy atom. The van der Waals surface area contributed by atoms with Crippen LogP contribution in [0.25, 0.3) is 0 Å². The van der Waals surface area contributed by atoms with E-state index in [1.165, 1.54) is 18.2 Å². The van der Waals surface area contributed by atoms with Crippen molar-refractivity contribution in [2.24, 2.45) is 5.73 Å². The minimum Gasteiger partial charge on any atom is -0.366 e. The van der Waals surface area contributed by atoms with Crippen molar-refractivity contribution in [2.45, 2.75) is 12.6 Å². The number of hydrogen-bond acceptors (Lipinski definition) is 2. The van der Waals surface area contributed by atoms with Crippen LogP contribution in [0.3, 0.4) is 0 Å². The van der Waals surface area contributed by atoms with Crippen molar-refractivity contribution in [3.8, 4) is 0 Å². The Balaban J connectivity index is 1.98. The van der Waals surface area contributed by atoms with Crippen molar-refractivity contribution in [1.29, 1.82) is 0 Å². The third kappa shape index (κ3) is 5.41. The number of carbonyl (C=O) groups excluding carboxylic acids is 1. The lowest BCUT2D eigenvalue weighted by molar-refractivity contribution is -0.137. The van der Waals surface area contributed by atoms with Gasteiger partial charge in [0.15, 0.2) is 5.11 Å². The predicted octanol–water partition coefficient (Wildman–Crippen LogP) is 3.47. The molecule has 0 fully saturated rings. The number of primary amides is 1. The molecule has 0 unspecified atom stereocenters. The molecule has 0 heterocycles. The molecule has 138 valence electrons. The summed E-state index contributed by atoms with van der Waals surface area (Å²) >= 11 is 5.04. The molecule has 0 aromatic heterocycles. The fourth-order valence-electron chi connectivity index (χ4n) is 2.22. The van der Waals surface area contributed by atoms with Gasteiger partial charge in [0.2, 0.25) is 5.91 Å². The van der Waals surface area contributed by atoms with Gasteiger partial charge in [-0.25, -0.2) is 4.39 Å². The second-order valence-corrected chi connectivity index (χ2v) is 5.79. The van der Waals surface area contributed by atoms with E-state index in [1.807, 2.05) is 0 Å². The number of hydrogen-bond donors (Lipinski definition) is 3. The zero-order chi connectivity index (χ0) is 19.3. The highest BCUT2D eigenvalue weighted by atomic mass is 32.1. The first kappa shape index (κ1) is 19.6. The predicted molar refractivity (Wildman–Crippen MR) is 94.3 cm³/mol. The minimum absolute atomic E-state index is 0.0709. The van der Waals surface area contributed by atoms with E-state index in [2.05, 4.69) is 10.6 Å². The van der Waals surface area contributed by atoms with Gasteiger partial charge in [0.1, 0.15) is 5.82 Å². The standard InChI is InChI=1S/C17H15F4N3OS/c18-11-3-1-10(2-4-11)7-8-23-16(26)24-12-5-6-13(15(22)25)14(9-12)17(19,20)21/h1-6,9H,7-8H2,(H2,22,25)(H2,23,24,26). The van der Waals surface area contributed by atoms with Gasteiger partial charge in [-0.15, -0.1) is 0 Å². The fraction of sp³-hybridized carbons (Fsp3) is 0.176. The van der Waals surface area contributed by atoms with Crippen LogP contribution in [0.15, 0.2) is 42.5 Å². The molecule has 0 spiro atoms. The van der Waals surface area contributed by atoms with Gasteiger partial charge in [0, 0.05) is 12.2 Å². The summed E-state index contributed by atoms with van der Waals surface area (Å²) < 4.78 is 51.9. The van der Waals surface area contributed by atoms with Gasteiger partial charge in [-0.2, -0.15) is 13.2 Å². The molecular weight excluding hydrogens is 370 g/mol. The van der Waals surface area contributed by atoms with Crippen LogP contribution in [-0.4, -0.2) is 17.6 Å². The van der Waals surface area contributed by atoms with Gasteiger partial charge in [0.05, 0.1) is 11.1 Å². The van der Waals surface area contributed by atoms with E-state index >= 15 is 0 Å². The Morgan fingerprint density at radius 1 is 1.12 bits per heavy atom. The van der Waals surface area contributed by atoms with Gasteiger partial charge < -0.3 is 16.4 Å². The molecule has 4 nitrogen and oxygen atoms in total. The van der Waals surface area contributed by atoms with Gasteiger partial charge in [0.25, 0.3) is 0 Å². The Bertz CT molecular complexity index is 807. The van der Waals surface area contributed by atoms with Crippen LogP contribution in [0.4, 0.5) is 23.2 Å². The molecule has 1 amide bonds. The first-order valence-electron chi connectivity index (χ1n) is 7.47. The van der Waals surface area contributed by atoms with Crippen LogP contribution in [0.2, 0.25) is 0 Å². The number of anilines is 1. The van der Waals surface area contributed by atoms with Crippen LogP contribution < -0.4 is 16.4 Å². The van der Waals surface area contributed by atoms with Crippen molar-refractivity contribution in [3.63, 3.8) is 0 Å². The number of carbonyl (C=O) groups is 1. The molecule has 26 heavy (non-hydrogen) atoms. The summed E-state index contributed by atoms with van der Waals surface area (Å²) in [7, 11) is 0. The molecule has 0 aliphatic heterocycles. The topological polar surface area (TPSA) is 67.2 Å². The lowest BCUT2D eigenvalue weighted by Crippen LogP contribution is -2.30. The summed E-state index contributed by atoms with van der Waals surface area (Å²) in [5, 5.41) is 5.59. The maximum absolute atomic E-state index is 13.0. The molecule has 9 heteroatoms. The van der Waals surface area contributed by atoms with Crippen LogP contribution in [0, 0.1) is 5.82 Å². The SMILES string of the molecule is NC(=O)c1ccc(NC(=S)NCCc2ccc(F)cc2)cc1C(F)(F)F. The summed E-state index contributed by atoms with van der Waals surface area (Å²) in [6, 6.07) is 8.99. The number of alkyl halides is 3. The lowest BCUT2D eigenvalue weighted by Gasteiger charge is -2.15. The highest BCUT2D eigenvalue weighted by Gasteiger charge is 2.35. The van der Waals surface area contributed by atoms with Gasteiger partial charge in [-0.3, -0.25) is 4.79 Å². The maximum atomic E-state index is 13.0. The number of nitrogens with one attached hydrogen (secondary N) is 2. The van der Waals surface area contributed by atoms with E-state index in [0.29, 0.717) is 13.0 Å². The molecule has 4 N–H and O–H groups in total. The smallest absolute Gasteiger partial charge is 0.366 e. The van der Waals surface area contributed by atoms with E-state index in [-0.39, 0.29) is 16.6 Å². The molecule has 0 aliphatic carbocycles. The number of rotatable bonds is 5. The molecule has 0 saturated carbocycles. The number of benzene rings is 2. The summed E-state index contributed by atoms with van der Waals surface area (Å²) in [5.74, 6) is -1.50. The summed E-state index contributed by atoms with van der Waals surface area (Å²) in [6.45, 7) is 0.406. The molecule has 2 aromatic carbocycles. The number of amides is 1. The zero-order valence-corrected chi connectivity index (χ0v) is 14.2. The number of halogens is 4. The molecule has 0 radical (unpaired) electrons. The average molecular weight is 385 g/mol. The van der Waals surface area contributed by atoms with E-state index in [0.717, 1.165) is 17.7 Å². The van der Waals surface area contributed by atoms with Crippen LogP contribution in [0.1, 0.15) is 21.5 Å². The molecular formula is C17H15F4N3OS. The third-order valence-corrected chi connectivity index (χ3v) is 3.71. The van der Waals surface area contributed by atoms with E-state index in [9.17, 15) is 22.4 Å². The van der Waals surface area contributed by atoms with E-state index in [4.69, 9.17) is 18.0 Å². The van der Waals surface area contributed by atoms with Crippen molar-refractivity contribution < 1.29 is 22.4 Å². The Kier molecular flexibility index (Phi) is 6.14. The second kappa shape index (κ2) is 8.13. The Morgan fingerprint density at radius 2 is 1.77 bits per heavy atom. The maximum Gasteiger partial charge on any atom is 0.417 e. The van der Waals surface area contributed by atoms with Crippen LogP contribution in [-0.2, 0) is 12.6 Å². The van der Waals surface area contributed by atoms with E-state index in [1.54, 1.807) is 12.1 Å². The first-order valence-corrected chi connectivity index (χ1v) is 7.88. The first-order chi connectivity index (χ1) is 12.2. The van der Waals surface area contributed by atoms with Crippen molar-refractivity contribution in [3.05, 3.63) is 65.0 Å². The van der Waals surface area contributed by atoms with Crippen LogP contribution in [0.5, 0.6) is 0 Å². The van der Waals surface area contributed by atoms with Crippen molar-refractivity contribution in [2.75, 3.05) is 11.9 Å². The normalized spacial score (nSPS) is 11.1.